The van der Waals surface area contributed by atoms with Crippen molar-refractivity contribution in [2.24, 2.45) is 0 Å². The predicted molar refractivity (Wildman–Crippen MR) is 134 cm³/mol. The number of benzene rings is 1. The number of carbonyl (C=O) groups excluding carboxylic acids is 2. The second-order valence-electron chi connectivity index (χ2n) is 9.44. The first-order valence-electron chi connectivity index (χ1n) is 12.1. The van der Waals surface area contributed by atoms with Gasteiger partial charge in [-0.15, -0.1) is 0 Å². The predicted octanol–water partition coefficient (Wildman–Crippen LogP) is 3.23. The molecule has 10 nitrogen and oxygen atoms in total. The number of fused-ring (bicyclic) bond motifs is 1. The summed E-state index contributed by atoms with van der Waals surface area (Å²) in [5.41, 5.74) is 10.2. The van der Waals surface area contributed by atoms with Crippen molar-refractivity contribution in [3.05, 3.63) is 65.7 Å². The first kappa shape index (κ1) is 22.1. The van der Waals surface area contributed by atoms with Crippen LogP contribution in [0.5, 0.6) is 0 Å². The molecule has 4 aromatic rings. The maximum atomic E-state index is 12.8. The molecule has 1 aromatic carbocycles. The summed E-state index contributed by atoms with van der Waals surface area (Å²) in [7, 11) is 0. The van der Waals surface area contributed by atoms with Gasteiger partial charge in [0, 0.05) is 43.3 Å². The Morgan fingerprint density at radius 2 is 1.83 bits per heavy atom. The number of likely N-dealkylation sites (tertiary alicyclic amines) is 1. The number of nitrogens with zero attached hydrogens (tertiary/aromatic N) is 6. The minimum Gasteiger partial charge on any atom is -0.369 e. The van der Waals surface area contributed by atoms with E-state index in [0.717, 1.165) is 17.7 Å². The van der Waals surface area contributed by atoms with Gasteiger partial charge in [-0.1, -0.05) is 12.1 Å². The Morgan fingerprint density at radius 3 is 2.56 bits per heavy atom. The van der Waals surface area contributed by atoms with E-state index in [-0.39, 0.29) is 23.7 Å². The lowest BCUT2D eigenvalue weighted by Gasteiger charge is -2.12. The Kier molecular flexibility index (Phi) is 5.36. The summed E-state index contributed by atoms with van der Waals surface area (Å²) in [4.78, 5) is 44.3. The molecule has 1 aliphatic carbocycles. The van der Waals surface area contributed by atoms with Gasteiger partial charge in [0.2, 0.25) is 11.9 Å². The molecule has 0 spiro atoms. The molecule has 1 saturated heterocycles. The number of nitrogens with two attached hydrogens (primary N) is 1. The number of pyridine rings is 1. The van der Waals surface area contributed by atoms with Gasteiger partial charge in [0.25, 0.3) is 5.91 Å². The van der Waals surface area contributed by atoms with Gasteiger partial charge in [-0.25, -0.2) is 24.3 Å². The number of carbonyl (C=O) groups is 2. The molecule has 36 heavy (non-hydrogen) atoms. The standard InChI is InChI=1S/C26H26N8O2/c1-15(35)33-11-9-20(13-33)22-24-29-14-30-26(27)34(24)23(32-22)17-4-6-18(7-5-17)25(36)31-21-12-19(8-10-28-21)16-2-3-16/h4-8,10,12,14,16,20H,2-3,9,11,13H2,1H3,(H2,27,29,30)(H,28,31,36). The van der Waals surface area contributed by atoms with E-state index < -0.39 is 0 Å². The number of anilines is 2. The molecular weight excluding hydrogens is 456 g/mol. The van der Waals surface area contributed by atoms with Crippen molar-refractivity contribution in [2.45, 2.75) is 38.0 Å². The second kappa shape index (κ2) is 8.71. The molecule has 6 rings (SSSR count). The van der Waals surface area contributed by atoms with Crippen molar-refractivity contribution in [3.63, 3.8) is 0 Å². The fourth-order valence-corrected chi connectivity index (χ4v) is 4.85. The monoisotopic (exact) mass is 482 g/mol. The first-order chi connectivity index (χ1) is 17.5. The third kappa shape index (κ3) is 4.04. The molecule has 1 unspecified atom stereocenters. The van der Waals surface area contributed by atoms with Crippen LogP contribution < -0.4 is 11.1 Å². The lowest BCUT2D eigenvalue weighted by Crippen LogP contribution is -2.25. The van der Waals surface area contributed by atoms with Crippen LogP contribution in [-0.4, -0.2) is 54.1 Å². The molecule has 1 aliphatic heterocycles. The van der Waals surface area contributed by atoms with E-state index >= 15 is 0 Å². The van der Waals surface area contributed by atoms with Crippen molar-refractivity contribution in [3.8, 4) is 11.4 Å². The number of rotatable bonds is 5. The Hall–Kier alpha value is -4.34. The van der Waals surface area contributed by atoms with Gasteiger partial charge in [0.15, 0.2) is 5.65 Å². The van der Waals surface area contributed by atoms with Crippen LogP contribution in [0.4, 0.5) is 11.8 Å². The molecule has 182 valence electrons. The Labute approximate surface area is 207 Å². The van der Waals surface area contributed by atoms with Gasteiger partial charge in [-0.05, 0) is 55.0 Å². The summed E-state index contributed by atoms with van der Waals surface area (Å²) in [5.74, 6) is 1.91. The first-order valence-corrected chi connectivity index (χ1v) is 12.1. The van der Waals surface area contributed by atoms with E-state index in [1.54, 1.807) is 29.7 Å². The minimum absolute atomic E-state index is 0.0544. The summed E-state index contributed by atoms with van der Waals surface area (Å²) in [6.45, 7) is 2.87. The highest BCUT2D eigenvalue weighted by molar-refractivity contribution is 6.04. The SMILES string of the molecule is CC(=O)N1CCC(c2nc(-c3ccc(C(=O)Nc4cc(C5CC5)ccn4)cc3)n3c(N)ncnc23)C1. The number of aromatic nitrogens is 5. The molecule has 3 N–H and O–H groups in total. The molecule has 2 amide bonds. The van der Waals surface area contributed by atoms with E-state index in [1.165, 1.54) is 24.7 Å². The number of imidazole rings is 1. The lowest BCUT2D eigenvalue weighted by molar-refractivity contribution is -0.127. The minimum atomic E-state index is -0.228. The molecule has 10 heteroatoms. The van der Waals surface area contributed by atoms with Crippen LogP contribution in [0.2, 0.25) is 0 Å². The van der Waals surface area contributed by atoms with Gasteiger partial charge in [-0.3, -0.25) is 9.59 Å². The van der Waals surface area contributed by atoms with E-state index in [0.29, 0.717) is 41.9 Å². The Morgan fingerprint density at radius 1 is 1.03 bits per heavy atom. The van der Waals surface area contributed by atoms with Crippen LogP contribution in [0, 0.1) is 0 Å². The molecule has 3 aromatic heterocycles. The average molecular weight is 483 g/mol. The quantitative estimate of drug-likeness (QED) is 0.446. The van der Waals surface area contributed by atoms with E-state index in [2.05, 4.69) is 20.3 Å². The number of hydrogen-bond acceptors (Lipinski definition) is 7. The van der Waals surface area contributed by atoms with E-state index in [1.807, 2.05) is 29.2 Å². The van der Waals surface area contributed by atoms with Gasteiger partial charge < -0.3 is 16.0 Å². The topological polar surface area (TPSA) is 131 Å². The van der Waals surface area contributed by atoms with Gasteiger partial charge >= 0.3 is 0 Å². The van der Waals surface area contributed by atoms with Crippen LogP contribution in [0.15, 0.2) is 48.9 Å². The van der Waals surface area contributed by atoms with E-state index in [4.69, 9.17) is 10.7 Å². The number of nitrogen functional groups attached to an aromatic ring is 1. The zero-order chi connectivity index (χ0) is 24.8. The Balaban J connectivity index is 1.28. The summed E-state index contributed by atoms with van der Waals surface area (Å²) in [5, 5.41) is 2.89. The fraction of sp³-hybridized carbons (Fsp3) is 0.308. The second-order valence-corrected chi connectivity index (χ2v) is 9.44. The average Bonchev–Trinajstić information content (AvgIpc) is 3.48. The van der Waals surface area contributed by atoms with Crippen molar-refractivity contribution in [2.75, 3.05) is 24.1 Å². The highest BCUT2D eigenvalue weighted by Gasteiger charge is 2.31. The maximum Gasteiger partial charge on any atom is 0.256 e. The number of hydrogen-bond donors (Lipinski definition) is 2. The highest BCUT2D eigenvalue weighted by Crippen LogP contribution is 2.40. The van der Waals surface area contributed by atoms with Crippen molar-refractivity contribution in [1.29, 1.82) is 0 Å². The van der Waals surface area contributed by atoms with Gasteiger partial charge in [0.1, 0.15) is 18.0 Å². The van der Waals surface area contributed by atoms with Crippen molar-refractivity contribution < 1.29 is 9.59 Å². The smallest absolute Gasteiger partial charge is 0.256 e. The van der Waals surface area contributed by atoms with Crippen LogP contribution in [-0.2, 0) is 4.79 Å². The molecule has 2 aliphatic rings. The fourth-order valence-electron chi connectivity index (χ4n) is 4.85. The molecule has 0 bridgehead atoms. The molecule has 0 radical (unpaired) electrons. The maximum absolute atomic E-state index is 12.8. The summed E-state index contributed by atoms with van der Waals surface area (Å²) in [6.07, 6.45) is 6.35. The normalized spacial score (nSPS) is 17.5. The van der Waals surface area contributed by atoms with Gasteiger partial charge in [0.05, 0.1) is 5.69 Å². The van der Waals surface area contributed by atoms with Crippen LogP contribution in [0.3, 0.4) is 0 Å². The summed E-state index contributed by atoms with van der Waals surface area (Å²) < 4.78 is 1.73. The Bertz CT molecular complexity index is 1480. The molecular formula is C26H26N8O2. The lowest BCUT2D eigenvalue weighted by atomic mass is 10.1. The van der Waals surface area contributed by atoms with E-state index in [9.17, 15) is 9.59 Å². The third-order valence-electron chi connectivity index (χ3n) is 6.98. The van der Waals surface area contributed by atoms with Gasteiger partial charge in [-0.2, -0.15) is 0 Å². The zero-order valence-corrected chi connectivity index (χ0v) is 19.9. The van der Waals surface area contributed by atoms with Crippen LogP contribution in [0.25, 0.3) is 17.0 Å². The van der Waals surface area contributed by atoms with Crippen molar-refractivity contribution in [1.82, 2.24) is 29.2 Å². The number of nitrogens with one attached hydrogen (secondary N) is 1. The number of amides is 2. The molecule has 4 heterocycles. The van der Waals surface area contributed by atoms with Crippen LogP contribution >= 0.6 is 0 Å². The van der Waals surface area contributed by atoms with Crippen LogP contribution in [0.1, 0.15) is 59.6 Å². The molecule has 1 saturated carbocycles. The summed E-state index contributed by atoms with van der Waals surface area (Å²) in [6, 6.07) is 11.1. The largest absolute Gasteiger partial charge is 0.369 e. The third-order valence-corrected chi connectivity index (χ3v) is 6.98. The molecule has 2 fully saturated rings. The molecule has 1 atom stereocenters. The zero-order valence-electron chi connectivity index (χ0n) is 19.9. The summed E-state index contributed by atoms with van der Waals surface area (Å²) >= 11 is 0. The van der Waals surface area contributed by atoms with Crippen molar-refractivity contribution >= 4 is 29.2 Å². The highest BCUT2D eigenvalue weighted by atomic mass is 16.2.